The Kier molecular flexibility index (Phi) is 4.37. The summed E-state index contributed by atoms with van der Waals surface area (Å²) in [7, 11) is 0. The number of nitrogens with zero attached hydrogens (tertiary/aromatic N) is 2. The maximum atomic E-state index is 5.98. The van der Waals surface area contributed by atoms with Gasteiger partial charge in [-0.3, -0.25) is 4.90 Å². The fourth-order valence-corrected chi connectivity index (χ4v) is 2.61. The molecule has 1 aromatic rings. The van der Waals surface area contributed by atoms with Crippen molar-refractivity contribution in [3.05, 3.63) is 29.0 Å². The highest BCUT2D eigenvalue weighted by molar-refractivity contribution is 6.29. The van der Waals surface area contributed by atoms with Gasteiger partial charge in [0.1, 0.15) is 5.15 Å². The van der Waals surface area contributed by atoms with Crippen LogP contribution in [0.2, 0.25) is 5.15 Å². The Morgan fingerprint density at radius 1 is 1.59 bits per heavy atom. The Morgan fingerprint density at radius 2 is 2.41 bits per heavy atom. The van der Waals surface area contributed by atoms with Gasteiger partial charge in [0.15, 0.2) is 0 Å². The number of hydrogen-bond donors (Lipinski definition) is 1. The first-order valence-corrected chi connectivity index (χ1v) is 6.62. The zero-order valence-corrected chi connectivity index (χ0v) is 11.0. The van der Waals surface area contributed by atoms with Gasteiger partial charge < -0.3 is 5.73 Å². The van der Waals surface area contributed by atoms with Crippen LogP contribution in [-0.2, 0) is 6.54 Å². The van der Waals surface area contributed by atoms with Crippen LogP contribution in [0.25, 0.3) is 0 Å². The van der Waals surface area contributed by atoms with E-state index in [0.717, 1.165) is 25.3 Å². The number of piperidine rings is 1. The van der Waals surface area contributed by atoms with Gasteiger partial charge in [0, 0.05) is 19.1 Å². The lowest BCUT2D eigenvalue weighted by Crippen LogP contribution is -2.42. The van der Waals surface area contributed by atoms with Crippen LogP contribution in [-0.4, -0.2) is 29.0 Å². The topological polar surface area (TPSA) is 42.1 Å². The van der Waals surface area contributed by atoms with Crippen LogP contribution in [0, 0.1) is 5.92 Å². The fraction of sp³-hybridized carbons (Fsp3) is 0.615. The van der Waals surface area contributed by atoms with E-state index in [-0.39, 0.29) is 6.04 Å². The highest BCUT2D eigenvalue weighted by atomic mass is 35.5. The van der Waals surface area contributed by atoms with E-state index in [1.165, 1.54) is 12.8 Å². The van der Waals surface area contributed by atoms with Crippen LogP contribution in [0.1, 0.15) is 25.5 Å². The Hall–Kier alpha value is -0.640. The molecule has 0 radical (unpaired) electrons. The molecule has 94 valence electrons. The lowest BCUT2D eigenvalue weighted by atomic mass is 9.92. The molecule has 2 heterocycles. The predicted octanol–water partition coefficient (Wildman–Crippen LogP) is 2.29. The highest BCUT2D eigenvalue weighted by Gasteiger charge is 2.22. The molecule has 0 aliphatic carbocycles. The third-order valence-corrected chi connectivity index (χ3v) is 3.65. The van der Waals surface area contributed by atoms with Crippen molar-refractivity contribution < 1.29 is 0 Å². The monoisotopic (exact) mass is 253 g/mol. The molecule has 0 saturated carbocycles. The van der Waals surface area contributed by atoms with E-state index in [2.05, 4.69) is 16.8 Å². The van der Waals surface area contributed by atoms with Crippen LogP contribution < -0.4 is 5.73 Å². The molecule has 0 amide bonds. The van der Waals surface area contributed by atoms with Crippen molar-refractivity contribution in [2.45, 2.75) is 32.4 Å². The molecule has 1 aliphatic rings. The Labute approximate surface area is 108 Å². The molecular formula is C13H20ClN3. The van der Waals surface area contributed by atoms with Crippen molar-refractivity contribution in [2.75, 3.05) is 13.1 Å². The second-order valence-corrected chi connectivity index (χ2v) is 5.34. The van der Waals surface area contributed by atoms with Gasteiger partial charge >= 0.3 is 0 Å². The molecule has 2 atom stereocenters. The minimum atomic E-state index is 0.283. The summed E-state index contributed by atoms with van der Waals surface area (Å²) in [6.07, 6.45) is 2.48. The predicted molar refractivity (Wildman–Crippen MR) is 70.9 cm³/mol. The van der Waals surface area contributed by atoms with Crippen molar-refractivity contribution in [3.8, 4) is 0 Å². The largest absolute Gasteiger partial charge is 0.328 e. The van der Waals surface area contributed by atoms with Crippen molar-refractivity contribution in [3.63, 3.8) is 0 Å². The third-order valence-electron chi connectivity index (χ3n) is 3.44. The number of nitrogens with two attached hydrogens (primary N) is 1. The number of rotatable bonds is 3. The van der Waals surface area contributed by atoms with Gasteiger partial charge in [-0.15, -0.1) is 0 Å². The summed E-state index contributed by atoms with van der Waals surface area (Å²) < 4.78 is 0. The molecule has 1 saturated heterocycles. The SMILES string of the molecule is CC(N)C1CCCN(Cc2cccc(Cl)n2)C1. The summed E-state index contributed by atoms with van der Waals surface area (Å²) in [4.78, 5) is 6.76. The van der Waals surface area contributed by atoms with Crippen LogP contribution in [0.4, 0.5) is 0 Å². The summed E-state index contributed by atoms with van der Waals surface area (Å²) in [6.45, 7) is 5.19. The molecule has 2 unspecified atom stereocenters. The molecule has 0 spiro atoms. The third kappa shape index (κ3) is 3.66. The summed E-state index contributed by atoms with van der Waals surface area (Å²) in [5.74, 6) is 0.614. The van der Waals surface area contributed by atoms with E-state index < -0.39 is 0 Å². The van der Waals surface area contributed by atoms with E-state index in [4.69, 9.17) is 17.3 Å². The molecule has 0 aromatic carbocycles. The molecule has 4 heteroatoms. The van der Waals surface area contributed by atoms with Crippen molar-refractivity contribution in [2.24, 2.45) is 11.7 Å². The minimum Gasteiger partial charge on any atom is -0.328 e. The molecule has 3 nitrogen and oxygen atoms in total. The lowest BCUT2D eigenvalue weighted by molar-refractivity contribution is 0.153. The standard InChI is InChI=1S/C13H20ClN3/c1-10(15)11-4-3-7-17(8-11)9-12-5-2-6-13(14)16-12/h2,5-6,10-11H,3-4,7-9,15H2,1H3. The number of pyridine rings is 1. The Morgan fingerprint density at radius 3 is 3.12 bits per heavy atom. The molecule has 1 fully saturated rings. The molecule has 17 heavy (non-hydrogen) atoms. The quantitative estimate of drug-likeness (QED) is 0.841. The smallest absolute Gasteiger partial charge is 0.129 e. The van der Waals surface area contributed by atoms with Crippen LogP contribution in [0.15, 0.2) is 18.2 Å². The van der Waals surface area contributed by atoms with E-state index in [0.29, 0.717) is 11.1 Å². The maximum Gasteiger partial charge on any atom is 0.129 e. The summed E-state index contributed by atoms with van der Waals surface area (Å²) in [5.41, 5.74) is 7.03. The average molecular weight is 254 g/mol. The molecular weight excluding hydrogens is 234 g/mol. The molecule has 1 aliphatic heterocycles. The maximum absolute atomic E-state index is 5.98. The van der Waals surface area contributed by atoms with Gasteiger partial charge in [0.25, 0.3) is 0 Å². The van der Waals surface area contributed by atoms with Crippen molar-refractivity contribution >= 4 is 11.6 Å². The van der Waals surface area contributed by atoms with Crippen LogP contribution in [0.3, 0.4) is 0 Å². The Bertz CT molecular complexity index is 367. The lowest BCUT2D eigenvalue weighted by Gasteiger charge is -2.34. The fourth-order valence-electron chi connectivity index (χ4n) is 2.43. The van der Waals surface area contributed by atoms with Crippen molar-refractivity contribution in [1.82, 2.24) is 9.88 Å². The highest BCUT2D eigenvalue weighted by Crippen LogP contribution is 2.20. The van der Waals surface area contributed by atoms with E-state index in [1.54, 1.807) is 0 Å². The van der Waals surface area contributed by atoms with Gasteiger partial charge in [-0.2, -0.15) is 0 Å². The first-order chi connectivity index (χ1) is 8.15. The van der Waals surface area contributed by atoms with Gasteiger partial charge in [-0.25, -0.2) is 4.98 Å². The second-order valence-electron chi connectivity index (χ2n) is 4.95. The van der Waals surface area contributed by atoms with Crippen molar-refractivity contribution in [1.29, 1.82) is 0 Å². The number of halogens is 1. The normalized spacial score (nSPS) is 23.6. The number of aromatic nitrogens is 1. The van der Waals surface area contributed by atoms with Crippen LogP contribution in [0.5, 0.6) is 0 Å². The summed E-state index contributed by atoms with van der Waals surface area (Å²) in [6, 6.07) is 6.08. The Balaban J connectivity index is 1.94. The number of likely N-dealkylation sites (tertiary alicyclic amines) is 1. The molecule has 2 N–H and O–H groups in total. The first kappa shape index (κ1) is 12.8. The molecule has 0 bridgehead atoms. The van der Waals surface area contributed by atoms with Crippen LogP contribution >= 0.6 is 11.6 Å². The summed E-state index contributed by atoms with van der Waals surface area (Å²) >= 11 is 5.89. The molecule has 2 rings (SSSR count). The number of hydrogen-bond acceptors (Lipinski definition) is 3. The van der Waals surface area contributed by atoms with Gasteiger partial charge in [-0.1, -0.05) is 17.7 Å². The van der Waals surface area contributed by atoms with Gasteiger partial charge in [0.05, 0.1) is 5.69 Å². The molecule has 1 aromatic heterocycles. The summed E-state index contributed by atoms with van der Waals surface area (Å²) in [5, 5.41) is 0.572. The average Bonchev–Trinajstić information content (AvgIpc) is 2.29. The minimum absolute atomic E-state index is 0.283. The zero-order chi connectivity index (χ0) is 12.3. The van der Waals surface area contributed by atoms with E-state index in [9.17, 15) is 0 Å². The van der Waals surface area contributed by atoms with E-state index in [1.807, 2.05) is 18.2 Å². The van der Waals surface area contributed by atoms with Gasteiger partial charge in [-0.05, 0) is 44.4 Å². The van der Waals surface area contributed by atoms with Gasteiger partial charge in [0.2, 0.25) is 0 Å². The first-order valence-electron chi connectivity index (χ1n) is 6.24. The van der Waals surface area contributed by atoms with E-state index >= 15 is 0 Å². The zero-order valence-electron chi connectivity index (χ0n) is 10.3. The second kappa shape index (κ2) is 5.80.